The predicted octanol–water partition coefficient (Wildman–Crippen LogP) is 6.39. The first kappa shape index (κ1) is 24.9. The van der Waals surface area contributed by atoms with Gasteiger partial charge in [-0.1, -0.05) is 42.5 Å². The van der Waals surface area contributed by atoms with Crippen LogP contribution in [0.3, 0.4) is 0 Å². The molecule has 1 aliphatic heterocycles. The summed E-state index contributed by atoms with van der Waals surface area (Å²) in [6.07, 6.45) is 7.72. The van der Waals surface area contributed by atoms with E-state index in [-0.39, 0.29) is 18.6 Å². The molecule has 2 heterocycles. The molecule has 36 heavy (non-hydrogen) atoms. The Hall–Kier alpha value is -2.77. The van der Waals surface area contributed by atoms with Gasteiger partial charge in [0.2, 0.25) is 0 Å². The third-order valence-electron chi connectivity index (χ3n) is 8.05. The van der Waals surface area contributed by atoms with Gasteiger partial charge in [-0.3, -0.25) is 9.11 Å². The fourth-order valence-electron chi connectivity index (χ4n) is 5.79. The minimum Gasteiger partial charge on any atom is -0.317 e. The molecule has 1 saturated heterocycles. The largest absolute Gasteiger partial charge is 0.317 e. The van der Waals surface area contributed by atoms with Crippen LogP contribution in [0.4, 0.5) is 4.39 Å². The van der Waals surface area contributed by atoms with Crippen LogP contribution in [0.25, 0.3) is 0 Å². The number of halogens is 1. The summed E-state index contributed by atoms with van der Waals surface area (Å²) >= 11 is 0. The van der Waals surface area contributed by atoms with E-state index in [2.05, 4.69) is 16.3 Å². The summed E-state index contributed by atoms with van der Waals surface area (Å²) in [6.45, 7) is 2.06. The Bertz CT molecular complexity index is 1220. The van der Waals surface area contributed by atoms with Gasteiger partial charge in [0, 0.05) is 24.2 Å². The summed E-state index contributed by atoms with van der Waals surface area (Å²) in [7, 11) is -3.15. The highest BCUT2D eigenvalue weighted by molar-refractivity contribution is 8.22. The Kier molecular flexibility index (Phi) is 6.88. The lowest BCUT2D eigenvalue weighted by Gasteiger charge is -2.54. The van der Waals surface area contributed by atoms with Crippen LogP contribution in [0.2, 0.25) is 0 Å². The molecule has 3 aromatic rings. The molecule has 0 bridgehead atoms. The van der Waals surface area contributed by atoms with Crippen LogP contribution in [0.5, 0.6) is 0 Å². The van der Waals surface area contributed by atoms with Gasteiger partial charge >= 0.3 is 0 Å². The van der Waals surface area contributed by atoms with Crippen molar-refractivity contribution in [3.8, 4) is 6.07 Å². The first-order valence-electron chi connectivity index (χ1n) is 12.5. The van der Waals surface area contributed by atoms with Crippen molar-refractivity contribution < 1.29 is 13.5 Å². The highest BCUT2D eigenvalue weighted by Crippen LogP contribution is 2.63. The van der Waals surface area contributed by atoms with Gasteiger partial charge < -0.3 is 4.57 Å². The summed E-state index contributed by atoms with van der Waals surface area (Å²) < 4.78 is 41.7. The molecule has 2 fully saturated rings. The molecule has 2 aromatic carbocycles. The number of benzene rings is 2. The minimum atomic E-state index is -3.15. The van der Waals surface area contributed by atoms with Gasteiger partial charge in [-0.15, -0.1) is 21.0 Å². The molecule has 9 heteroatoms. The average molecular weight is 510 g/mol. The van der Waals surface area contributed by atoms with E-state index in [1.165, 1.54) is 6.07 Å². The third-order valence-corrected chi connectivity index (χ3v) is 10.5. The van der Waals surface area contributed by atoms with Crippen molar-refractivity contribution in [3.05, 3.63) is 83.7 Å². The molecule has 0 amide bonds. The highest BCUT2D eigenvalue weighted by atomic mass is 32.3. The normalized spacial score (nSPS) is 29.4. The Balaban J connectivity index is 1.35. The highest BCUT2D eigenvalue weighted by Gasteiger charge is 2.41. The van der Waals surface area contributed by atoms with E-state index < -0.39 is 27.3 Å². The lowest BCUT2D eigenvalue weighted by molar-refractivity contribution is 0.238. The molecular weight excluding hydrogens is 477 g/mol. The summed E-state index contributed by atoms with van der Waals surface area (Å²) in [5, 5.41) is 17.5. The van der Waals surface area contributed by atoms with E-state index in [1.54, 1.807) is 23.0 Å². The van der Waals surface area contributed by atoms with Crippen LogP contribution >= 0.6 is 10.8 Å². The molecule has 1 aromatic heterocycles. The van der Waals surface area contributed by atoms with Gasteiger partial charge in [-0.2, -0.15) is 9.57 Å². The molecule has 2 aliphatic rings. The first-order valence-corrected chi connectivity index (χ1v) is 14.0. The fraction of sp³-hybridized carbons (Fsp3) is 0.444. The van der Waals surface area contributed by atoms with Gasteiger partial charge in [0.1, 0.15) is 18.5 Å². The van der Waals surface area contributed by atoms with Crippen LogP contribution in [-0.4, -0.2) is 34.2 Å². The van der Waals surface area contributed by atoms with Gasteiger partial charge in [-0.05, 0) is 62.6 Å². The topological polar surface area (TPSA) is 98.2 Å². The van der Waals surface area contributed by atoms with Gasteiger partial charge in [0.15, 0.2) is 0 Å². The van der Waals surface area contributed by atoms with Crippen LogP contribution in [-0.2, 0) is 12.0 Å². The summed E-state index contributed by atoms with van der Waals surface area (Å²) in [5.41, 5.74) is 1.26. The maximum atomic E-state index is 15.5. The van der Waals surface area contributed by atoms with E-state index in [0.29, 0.717) is 30.4 Å². The van der Waals surface area contributed by atoms with E-state index >= 15 is 4.39 Å². The molecule has 0 unspecified atom stereocenters. The molecule has 1 saturated carbocycles. The van der Waals surface area contributed by atoms with Gasteiger partial charge in [-0.25, -0.2) is 4.39 Å². The molecule has 2 atom stereocenters. The molecule has 1 aliphatic carbocycles. The summed E-state index contributed by atoms with van der Waals surface area (Å²) in [6, 6.07) is 17.2. The second kappa shape index (κ2) is 9.94. The lowest BCUT2D eigenvalue weighted by Crippen LogP contribution is -2.41. The number of hydrogen-bond donors (Lipinski definition) is 2. The Morgan fingerprint density at radius 3 is 2.39 bits per heavy atom. The van der Waals surface area contributed by atoms with Gasteiger partial charge in [0.25, 0.3) is 0 Å². The molecular formula is C27H32FN5O2S. The minimum absolute atomic E-state index is 0.0903. The van der Waals surface area contributed by atoms with Crippen molar-refractivity contribution in [2.75, 3.05) is 0 Å². The first-order chi connectivity index (χ1) is 17.3. The fourth-order valence-corrected chi connectivity index (χ4v) is 8.05. The monoisotopic (exact) mass is 509 g/mol. The van der Waals surface area contributed by atoms with E-state index in [9.17, 15) is 14.4 Å². The standard InChI is InChI=1S/C27H32FN5O2S/c1-20-7-10-26(21-5-3-2-4-6-21)36(34,35)33(20)16-22-8-9-23(15-25(22)28)27(17-29)13-11-24(12-14-27)32-18-30-31-19-32/h2-6,8-9,15,18-20,24,26,34-35H,7,10-14,16H2,1H3/t20-,24?,26+,27?/m0/s1. The van der Waals surface area contributed by atoms with Crippen molar-refractivity contribution in [3.63, 3.8) is 0 Å². The third kappa shape index (κ3) is 4.55. The average Bonchev–Trinajstić information content (AvgIpc) is 3.43. The molecule has 190 valence electrons. The van der Waals surface area contributed by atoms with Crippen LogP contribution in [0, 0.1) is 17.1 Å². The molecule has 7 nitrogen and oxygen atoms in total. The quantitative estimate of drug-likeness (QED) is 0.414. The number of rotatable bonds is 5. The summed E-state index contributed by atoms with van der Waals surface area (Å²) in [5.74, 6) is -0.410. The Morgan fingerprint density at radius 2 is 1.75 bits per heavy atom. The van der Waals surface area contributed by atoms with E-state index in [4.69, 9.17) is 0 Å². The molecule has 0 spiro atoms. The molecule has 2 N–H and O–H groups in total. The second-order valence-electron chi connectivity index (χ2n) is 10.1. The molecule has 0 radical (unpaired) electrons. The van der Waals surface area contributed by atoms with Crippen LogP contribution < -0.4 is 0 Å². The van der Waals surface area contributed by atoms with Gasteiger partial charge in [0.05, 0.1) is 16.7 Å². The Morgan fingerprint density at radius 1 is 1.06 bits per heavy atom. The maximum Gasteiger partial charge on any atom is 0.128 e. The smallest absolute Gasteiger partial charge is 0.128 e. The van der Waals surface area contributed by atoms with E-state index in [0.717, 1.165) is 24.8 Å². The lowest BCUT2D eigenvalue weighted by atomic mass is 9.69. The number of hydrogen-bond acceptors (Lipinski definition) is 6. The second-order valence-corrected chi connectivity index (χ2v) is 12.3. The van der Waals surface area contributed by atoms with Crippen molar-refractivity contribution >= 4 is 10.8 Å². The van der Waals surface area contributed by atoms with Crippen molar-refractivity contribution in [1.82, 2.24) is 19.1 Å². The number of nitriles is 1. The zero-order chi connectivity index (χ0) is 25.3. The Labute approximate surface area is 213 Å². The predicted molar refractivity (Wildman–Crippen MR) is 137 cm³/mol. The van der Waals surface area contributed by atoms with Crippen molar-refractivity contribution in [1.29, 1.82) is 5.26 Å². The zero-order valence-electron chi connectivity index (χ0n) is 20.4. The van der Waals surface area contributed by atoms with Crippen LogP contribution in [0.1, 0.15) is 73.4 Å². The van der Waals surface area contributed by atoms with Crippen LogP contribution in [0.15, 0.2) is 61.2 Å². The zero-order valence-corrected chi connectivity index (χ0v) is 21.2. The van der Waals surface area contributed by atoms with Crippen molar-refractivity contribution in [2.24, 2.45) is 0 Å². The van der Waals surface area contributed by atoms with E-state index in [1.807, 2.05) is 47.9 Å². The molecule has 5 rings (SSSR count). The maximum absolute atomic E-state index is 15.5. The SMILES string of the molecule is C[C@H]1CC[C@H](c2ccccc2)S(O)(O)N1Cc1ccc(C2(C#N)CCC(n3cnnc3)CC2)cc1F. The number of nitrogens with zero attached hydrogens (tertiary/aromatic N) is 5. The summed E-state index contributed by atoms with van der Waals surface area (Å²) in [4.78, 5) is 0. The van der Waals surface area contributed by atoms with Crippen molar-refractivity contribution in [2.45, 2.75) is 74.7 Å². The number of aromatic nitrogens is 3.